The number of amides is 1. The van der Waals surface area contributed by atoms with Gasteiger partial charge in [-0.25, -0.2) is 0 Å². The zero-order chi connectivity index (χ0) is 12.4. The molecule has 0 saturated carbocycles. The van der Waals surface area contributed by atoms with Crippen molar-refractivity contribution in [3.8, 4) is 0 Å². The van der Waals surface area contributed by atoms with Crippen LogP contribution in [0.25, 0.3) is 0 Å². The van der Waals surface area contributed by atoms with E-state index in [1.165, 1.54) is 0 Å². The lowest BCUT2D eigenvalue weighted by molar-refractivity contribution is 0.0580. The molecule has 1 fully saturated rings. The predicted molar refractivity (Wildman–Crippen MR) is 63.7 cm³/mol. The molecular formula is C12H17N3O2. The average Bonchev–Trinajstić information content (AvgIpc) is 2.73. The second-order valence-electron chi connectivity index (χ2n) is 4.46. The number of aliphatic hydroxyl groups excluding tert-OH is 1. The lowest BCUT2D eigenvalue weighted by atomic mass is 10.1. The molecule has 92 valence electrons. The van der Waals surface area contributed by atoms with Gasteiger partial charge in [-0.1, -0.05) is 0 Å². The van der Waals surface area contributed by atoms with Crippen LogP contribution >= 0.6 is 0 Å². The summed E-state index contributed by atoms with van der Waals surface area (Å²) in [5.74, 6) is -0.103. The summed E-state index contributed by atoms with van der Waals surface area (Å²) in [6.45, 7) is 3.06. The van der Waals surface area contributed by atoms with E-state index in [9.17, 15) is 9.90 Å². The Labute approximate surface area is 100 Å². The highest BCUT2D eigenvalue weighted by molar-refractivity contribution is 5.94. The SMILES string of the molecule is Cc1cncc(C(=O)N(C)[C@H]2CNC[C@@H]2O)c1. The Morgan fingerprint density at radius 2 is 2.29 bits per heavy atom. The number of aryl methyl sites for hydroxylation is 1. The molecule has 5 nitrogen and oxygen atoms in total. The van der Waals surface area contributed by atoms with Crippen LogP contribution in [0.5, 0.6) is 0 Å². The van der Waals surface area contributed by atoms with Crippen molar-refractivity contribution in [3.63, 3.8) is 0 Å². The van der Waals surface area contributed by atoms with Gasteiger partial charge in [-0.3, -0.25) is 9.78 Å². The zero-order valence-corrected chi connectivity index (χ0v) is 10.1. The minimum Gasteiger partial charge on any atom is -0.390 e. The van der Waals surface area contributed by atoms with Gasteiger partial charge in [0, 0.05) is 32.5 Å². The van der Waals surface area contributed by atoms with E-state index in [4.69, 9.17) is 0 Å². The second kappa shape index (κ2) is 4.81. The number of rotatable bonds is 2. The molecule has 1 aromatic heterocycles. The molecule has 0 radical (unpaired) electrons. The summed E-state index contributed by atoms with van der Waals surface area (Å²) in [7, 11) is 1.71. The van der Waals surface area contributed by atoms with Crippen molar-refractivity contribution in [1.82, 2.24) is 15.2 Å². The highest BCUT2D eigenvalue weighted by Crippen LogP contribution is 2.12. The lowest BCUT2D eigenvalue weighted by Crippen LogP contribution is -2.44. The molecule has 1 aromatic rings. The normalized spacial score (nSPS) is 23.7. The average molecular weight is 235 g/mol. The Hall–Kier alpha value is -1.46. The van der Waals surface area contributed by atoms with Gasteiger partial charge < -0.3 is 15.3 Å². The highest BCUT2D eigenvalue weighted by atomic mass is 16.3. The number of pyridine rings is 1. The van der Waals surface area contributed by atoms with Gasteiger partial charge in [-0.15, -0.1) is 0 Å². The largest absolute Gasteiger partial charge is 0.390 e. The van der Waals surface area contributed by atoms with Gasteiger partial charge in [0.1, 0.15) is 0 Å². The second-order valence-corrected chi connectivity index (χ2v) is 4.46. The van der Waals surface area contributed by atoms with E-state index < -0.39 is 6.10 Å². The number of aromatic nitrogens is 1. The first-order valence-corrected chi connectivity index (χ1v) is 5.67. The zero-order valence-electron chi connectivity index (χ0n) is 10.1. The third kappa shape index (κ3) is 2.45. The van der Waals surface area contributed by atoms with Gasteiger partial charge >= 0.3 is 0 Å². The number of carbonyl (C=O) groups excluding carboxylic acids is 1. The van der Waals surface area contributed by atoms with Crippen molar-refractivity contribution in [2.45, 2.75) is 19.1 Å². The number of aliphatic hydroxyl groups is 1. The van der Waals surface area contributed by atoms with Crippen LogP contribution in [0.1, 0.15) is 15.9 Å². The van der Waals surface area contributed by atoms with Crippen molar-refractivity contribution >= 4 is 5.91 Å². The maximum absolute atomic E-state index is 12.2. The third-order valence-electron chi connectivity index (χ3n) is 3.09. The van der Waals surface area contributed by atoms with Crippen LogP contribution in [-0.4, -0.2) is 53.2 Å². The first-order valence-electron chi connectivity index (χ1n) is 5.67. The van der Waals surface area contributed by atoms with Crippen molar-refractivity contribution in [1.29, 1.82) is 0 Å². The van der Waals surface area contributed by atoms with E-state index in [1.54, 1.807) is 30.4 Å². The van der Waals surface area contributed by atoms with E-state index in [1.807, 2.05) is 6.92 Å². The fourth-order valence-corrected chi connectivity index (χ4v) is 2.07. The van der Waals surface area contributed by atoms with E-state index in [0.717, 1.165) is 5.56 Å². The Morgan fingerprint density at radius 3 is 2.88 bits per heavy atom. The topological polar surface area (TPSA) is 65.5 Å². The smallest absolute Gasteiger partial charge is 0.255 e. The predicted octanol–water partition coefficient (Wildman–Crippen LogP) is -0.205. The van der Waals surface area contributed by atoms with Gasteiger partial charge in [0.2, 0.25) is 0 Å². The quantitative estimate of drug-likeness (QED) is 0.745. The molecule has 0 bridgehead atoms. The van der Waals surface area contributed by atoms with Crippen LogP contribution in [0.4, 0.5) is 0 Å². The number of hydrogen-bond acceptors (Lipinski definition) is 4. The first-order chi connectivity index (χ1) is 8.09. The summed E-state index contributed by atoms with van der Waals surface area (Å²) in [4.78, 5) is 17.8. The monoisotopic (exact) mass is 235 g/mol. The minimum atomic E-state index is -0.498. The van der Waals surface area contributed by atoms with Crippen molar-refractivity contribution < 1.29 is 9.90 Å². The lowest BCUT2D eigenvalue weighted by Gasteiger charge is -2.26. The molecule has 2 rings (SSSR count). The summed E-state index contributed by atoms with van der Waals surface area (Å²) in [5.41, 5.74) is 1.51. The van der Waals surface area contributed by atoms with Crippen LogP contribution in [0.2, 0.25) is 0 Å². The summed E-state index contributed by atoms with van der Waals surface area (Å²) in [6.07, 6.45) is 2.77. The summed E-state index contributed by atoms with van der Waals surface area (Å²) >= 11 is 0. The molecule has 17 heavy (non-hydrogen) atoms. The fraction of sp³-hybridized carbons (Fsp3) is 0.500. The van der Waals surface area contributed by atoms with Crippen molar-refractivity contribution in [2.24, 2.45) is 0 Å². The van der Waals surface area contributed by atoms with Crippen LogP contribution < -0.4 is 5.32 Å². The molecule has 0 unspecified atom stereocenters. The van der Waals surface area contributed by atoms with Crippen LogP contribution in [0.3, 0.4) is 0 Å². The molecule has 0 spiro atoms. The molecule has 0 aromatic carbocycles. The maximum atomic E-state index is 12.2. The van der Waals surface area contributed by atoms with Gasteiger partial charge in [0.15, 0.2) is 0 Å². The number of hydrogen-bond donors (Lipinski definition) is 2. The maximum Gasteiger partial charge on any atom is 0.255 e. The summed E-state index contributed by atoms with van der Waals surface area (Å²) in [5, 5.41) is 12.8. The molecule has 1 saturated heterocycles. The summed E-state index contributed by atoms with van der Waals surface area (Å²) in [6, 6.07) is 1.64. The van der Waals surface area contributed by atoms with Gasteiger partial charge in [-0.2, -0.15) is 0 Å². The number of β-amino-alcohol motifs (C(OH)–C–C–N with tert-alkyl or cyclic N) is 1. The highest BCUT2D eigenvalue weighted by Gasteiger charge is 2.31. The van der Waals surface area contributed by atoms with Crippen LogP contribution in [-0.2, 0) is 0 Å². The Balaban J connectivity index is 2.14. The molecule has 1 aliphatic rings. The third-order valence-corrected chi connectivity index (χ3v) is 3.09. The molecule has 1 amide bonds. The number of nitrogens with one attached hydrogen (secondary N) is 1. The molecular weight excluding hydrogens is 218 g/mol. The Kier molecular flexibility index (Phi) is 3.40. The van der Waals surface area contributed by atoms with E-state index in [0.29, 0.717) is 18.7 Å². The Bertz CT molecular complexity index is 422. The molecule has 2 heterocycles. The molecule has 2 atom stereocenters. The Morgan fingerprint density at radius 1 is 1.53 bits per heavy atom. The van der Waals surface area contributed by atoms with Gasteiger partial charge in [0.25, 0.3) is 5.91 Å². The number of nitrogens with zero attached hydrogens (tertiary/aromatic N) is 2. The van der Waals surface area contributed by atoms with Crippen LogP contribution in [0, 0.1) is 6.92 Å². The van der Waals surface area contributed by atoms with Gasteiger partial charge in [-0.05, 0) is 18.6 Å². The summed E-state index contributed by atoms with van der Waals surface area (Å²) < 4.78 is 0. The molecule has 1 aliphatic heterocycles. The van der Waals surface area contributed by atoms with Gasteiger partial charge in [0.05, 0.1) is 17.7 Å². The van der Waals surface area contributed by atoms with Crippen molar-refractivity contribution in [3.05, 3.63) is 29.6 Å². The number of likely N-dealkylation sites (N-methyl/N-ethyl adjacent to an activating group) is 1. The number of carbonyl (C=O) groups is 1. The standard InChI is InChI=1S/C12H17N3O2/c1-8-3-9(5-13-4-8)12(17)15(2)10-6-14-7-11(10)16/h3-5,10-11,14,16H,6-7H2,1-2H3/t10-,11-/m0/s1. The van der Waals surface area contributed by atoms with Crippen LogP contribution in [0.15, 0.2) is 18.5 Å². The first kappa shape index (κ1) is 12.0. The van der Waals surface area contributed by atoms with Crippen molar-refractivity contribution in [2.75, 3.05) is 20.1 Å². The molecule has 0 aliphatic carbocycles. The molecule has 5 heteroatoms. The minimum absolute atomic E-state index is 0.103. The van der Waals surface area contributed by atoms with E-state index in [2.05, 4.69) is 10.3 Å². The fourth-order valence-electron chi connectivity index (χ4n) is 2.07. The van der Waals surface area contributed by atoms with E-state index >= 15 is 0 Å². The van der Waals surface area contributed by atoms with E-state index in [-0.39, 0.29) is 11.9 Å². The molecule has 2 N–H and O–H groups in total.